The fourth-order valence-corrected chi connectivity index (χ4v) is 1.44. The summed E-state index contributed by atoms with van der Waals surface area (Å²) in [5.74, 6) is -2.26. The molecule has 0 aliphatic carbocycles. The van der Waals surface area contributed by atoms with Crippen LogP contribution in [0.2, 0.25) is 5.02 Å². The van der Waals surface area contributed by atoms with E-state index in [0.29, 0.717) is 6.20 Å². The Morgan fingerprint density at radius 3 is 2.65 bits per heavy atom. The molecule has 92 valence electrons. The highest BCUT2D eigenvalue weighted by molar-refractivity contribution is 6.32. The van der Waals surface area contributed by atoms with Gasteiger partial charge in [0.05, 0.1) is 22.6 Å². The summed E-state index contributed by atoms with van der Waals surface area (Å²) in [6, 6.07) is 0. The lowest BCUT2D eigenvalue weighted by Gasteiger charge is -2.06. The molecule has 0 saturated carbocycles. The smallest absolute Gasteiger partial charge is 0.368 e. The molecule has 9 heteroatoms. The van der Waals surface area contributed by atoms with Crippen molar-refractivity contribution in [3.05, 3.63) is 32.5 Å². The van der Waals surface area contributed by atoms with E-state index in [0.717, 1.165) is 0 Å². The molecule has 0 radical (unpaired) electrons. The van der Waals surface area contributed by atoms with Gasteiger partial charge in [0.1, 0.15) is 0 Å². The van der Waals surface area contributed by atoms with Crippen molar-refractivity contribution in [2.45, 2.75) is 12.8 Å². The molecule has 0 fully saturated rings. The SMILES string of the molecule is O=C(O)Cc1c([N+](=O)[O-])ncc(C(F)F)c1Cl. The number of rotatable bonds is 4. The Balaban J connectivity index is 3.41. The van der Waals surface area contributed by atoms with Crippen molar-refractivity contribution in [3.8, 4) is 0 Å². The van der Waals surface area contributed by atoms with Crippen LogP contribution in [0.3, 0.4) is 0 Å². The second-order valence-corrected chi connectivity index (χ2v) is 3.34. The van der Waals surface area contributed by atoms with Gasteiger partial charge in [-0.3, -0.25) is 4.79 Å². The Bertz CT molecular complexity index is 481. The highest BCUT2D eigenvalue weighted by Crippen LogP contribution is 2.33. The van der Waals surface area contributed by atoms with Crippen molar-refractivity contribution in [2.24, 2.45) is 0 Å². The number of halogens is 3. The van der Waals surface area contributed by atoms with Gasteiger partial charge in [0, 0.05) is 0 Å². The maximum Gasteiger partial charge on any atom is 0.368 e. The maximum atomic E-state index is 12.4. The van der Waals surface area contributed by atoms with Gasteiger partial charge in [-0.2, -0.15) is 0 Å². The van der Waals surface area contributed by atoms with Crippen molar-refractivity contribution in [1.29, 1.82) is 0 Å². The lowest BCUT2D eigenvalue weighted by Crippen LogP contribution is -2.08. The van der Waals surface area contributed by atoms with E-state index in [1.54, 1.807) is 0 Å². The number of aromatic nitrogens is 1. The van der Waals surface area contributed by atoms with Crippen LogP contribution in [-0.2, 0) is 11.2 Å². The van der Waals surface area contributed by atoms with E-state index in [-0.39, 0.29) is 0 Å². The van der Waals surface area contributed by atoms with Crippen molar-refractivity contribution in [2.75, 3.05) is 0 Å². The number of carbonyl (C=O) groups is 1. The third-order valence-electron chi connectivity index (χ3n) is 1.85. The summed E-state index contributed by atoms with van der Waals surface area (Å²) in [5, 5.41) is 18.4. The minimum absolute atomic E-state index is 0.526. The third-order valence-corrected chi connectivity index (χ3v) is 2.30. The first-order valence-corrected chi connectivity index (χ1v) is 4.54. The topological polar surface area (TPSA) is 93.3 Å². The molecule has 0 aliphatic rings. The van der Waals surface area contributed by atoms with Gasteiger partial charge in [0.25, 0.3) is 6.43 Å². The Morgan fingerprint density at radius 2 is 2.24 bits per heavy atom. The molecular formula is C8H5ClF2N2O4. The van der Waals surface area contributed by atoms with Crippen LogP contribution in [-0.4, -0.2) is 21.0 Å². The Labute approximate surface area is 98.0 Å². The zero-order valence-electron chi connectivity index (χ0n) is 8.06. The molecule has 1 heterocycles. The van der Waals surface area contributed by atoms with Crippen molar-refractivity contribution < 1.29 is 23.6 Å². The van der Waals surface area contributed by atoms with Crippen molar-refractivity contribution in [1.82, 2.24) is 4.98 Å². The zero-order valence-corrected chi connectivity index (χ0v) is 8.82. The number of aliphatic carboxylic acids is 1. The monoisotopic (exact) mass is 266 g/mol. The largest absolute Gasteiger partial charge is 0.481 e. The molecule has 0 amide bonds. The maximum absolute atomic E-state index is 12.4. The van der Waals surface area contributed by atoms with Gasteiger partial charge in [-0.25, -0.2) is 8.78 Å². The Morgan fingerprint density at radius 1 is 1.65 bits per heavy atom. The highest BCUT2D eigenvalue weighted by Gasteiger charge is 2.27. The summed E-state index contributed by atoms with van der Waals surface area (Å²) < 4.78 is 24.9. The first kappa shape index (κ1) is 13.2. The zero-order chi connectivity index (χ0) is 13.2. The van der Waals surface area contributed by atoms with Gasteiger partial charge in [0.15, 0.2) is 6.20 Å². The number of hydrogen-bond donors (Lipinski definition) is 1. The van der Waals surface area contributed by atoms with Gasteiger partial charge < -0.3 is 15.2 Å². The number of pyridine rings is 1. The van der Waals surface area contributed by atoms with Crippen molar-refractivity contribution >= 4 is 23.4 Å². The summed E-state index contributed by atoms with van der Waals surface area (Å²) in [6.07, 6.45) is -3.26. The van der Waals surface area contributed by atoms with E-state index in [4.69, 9.17) is 16.7 Å². The number of nitrogens with zero attached hydrogens (tertiary/aromatic N) is 2. The molecule has 0 aliphatic heterocycles. The van der Waals surface area contributed by atoms with Crippen LogP contribution in [0.4, 0.5) is 14.6 Å². The molecule has 0 bridgehead atoms. The molecule has 0 saturated heterocycles. The molecule has 0 atom stereocenters. The minimum atomic E-state index is -2.98. The number of hydrogen-bond acceptors (Lipinski definition) is 4. The van der Waals surface area contributed by atoms with Crippen LogP contribution in [0.1, 0.15) is 17.6 Å². The van der Waals surface area contributed by atoms with E-state index in [2.05, 4.69) is 4.98 Å². The summed E-state index contributed by atoms with van der Waals surface area (Å²) in [4.78, 5) is 23.2. The molecule has 1 aromatic rings. The highest BCUT2D eigenvalue weighted by atomic mass is 35.5. The normalized spacial score (nSPS) is 10.6. The van der Waals surface area contributed by atoms with E-state index >= 15 is 0 Å². The Kier molecular flexibility index (Phi) is 3.89. The molecule has 0 aromatic carbocycles. The van der Waals surface area contributed by atoms with Gasteiger partial charge in [-0.15, -0.1) is 0 Å². The fraction of sp³-hybridized carbons (Fsp3) is 0.250. The van der Waals surface area contributed by atoms with E-state index in [1.165, 1.54) is 0 Å². The lowest BCUT2D eigenvalue weighted by atomic mass is 10.1. The van der Waals surface area contributed by atoms with Crippen LogP contribution in [0.15, 0.2) is 6.20 Å². The first-order valence-electron chi connectivity index (χ1n) is 4.16. The van der Waals surface area contributed by atoms with E-state index in [1.807, 2.05) is 0 Å². The molecule has 0 spiro atoms. The molecular weight excluding hydrogens is 262 g/mol. The number of carboxylic acid groups (broad SMARTS) is 1. The molecule has 1 N–H and O–H groups in total. The number of alkyl halides is 2. The second kappa shape index (κ2) is 5.00. The second-order valence-electron chi connectivity index (χ2n) is 2.96. The van der Waals surface area contributed by atoms with E-state index in [9.17, 15) is 23.7 Å². The first-order chi connectivity index (χ1) is 7.84. The van der Waals surface area contributed by atoms with Crippen molar-refractivity contribution in [3.63, 3.8) is 0 Å². The number of carboxylic acids is 1. The molecule has 1 aromatic heterocycles. The van der Waals surface area contributed by atoms with Crippen LogP contribution in [0.5, 0.6) is 0 Å². The van der Waals surface area contributed by atoms with Crippen LogP contribution >= 0.6 is 11.6 Å². The Hall–Kier alpha value is -1.83. The molecule has 0 unspecified atom stereocenters. The van der Waals surface area contributed by atoms with Gasteiger partial charge in [0.2, 0.25) is 0 Å². The average molecular weight is 267 g/mol. The summed E-state index contributed by atoms with van der Waals surface area (Å²) in [6.45, 7) is 0. The number of nitro groups is 1. The molecule has 6 nitrogen and oxygen atoms in total. The van der Waals surface area contributed by atoms with Crippen LogP contribution in [0, 0.1) is 10.1 Å². The van der Waals surface area contributed by atoms with E-state index < -0.39 is 45.7 Å². The predicted octanol–water partition coefficient (Wildman–Crippen LogP) is 2.21. The molecule has 1 rings (SSSR count). The predicted molar refractivity (Wildman–Crippen MR) is 52.2 cm³/mol. The third kappa shape index (κ3) is 2.84. The lowest BCUT2D eigenvalue weighted by molar-refractivity contribution is -0.390. The van der Waals surface area contributed by atoms with Gasteiger partial charge >= 0.3 is 11.8 Å². The van der Waals surface area contributed by atoms with Crippen LogP contribution in [0.25, 0.3) is 0 Å². The summed E-state index contributed by atoms with van der Waals surface area (Å²) in [5.41, 5.74) is -1.25. The minimum Gasteiger partial charge on any atom is -0.481 e. The van der Waals surface area contributed by atoms with Gasteiger partial charge in [-0.05, 0) is 9.91 Å². The van der Waals surface area contributed by atoms with Crippen LogP contribution < -0.4 is 0 Å². The summed E-state index contributed by atoms with van der Waals surface area (Å²) in [7, 11) is 0. The van der Waals surface area contributed by atoms with Gasteiger partial charge in [-0.1, -0.05) is 11.6 Å². The molecule has 17 heavy (non-hydrogen) atoms. The summed E-state index contributed by atoms with van der Waals surface area (Å²) >= 11 is 5.51. The quantitative estimate of drug-likeness (QED) is 0.666. The standard InChI is InChI=1S/C8H5ClF2N2O4/c9-6-3(1-5(14)15)8(13(16)17)12-2-4(6)7(10)11/h2,7H,1H2,(H,14,15). The fourth-order valence-electron chi connectivity index (χ4n) is 1.16. The average Bonchev–Trinajstić information content (AvgIpc) is 2.19.